The van der Waals surface area contributed by atoms with Crippen molar-refractivity contribution in [2.24, 2.45) is 11.8 Å². The zero-order valence-corrected chi connectivity index (χ0v) is 10.3. The van der Waals surface area contributed by atoms with Crippen molar-refractivity contribution in [1.29, 1.82) is 0 Å². The van der Waals surface area contributed by atoms with Crippen LogP contribution in [0.2, 0.25) is 0 Å². The Morgan fingerprint density at radius 2 is 2.06 bits per heavy atom. The minimum atomic E-state index is -0.826. The lowest BCUT2D eigenvalue weighted by Crippen LogP contribution is -2.46. The number of nitrogens with zero attached hydrogens (tertiary/aromatic N) is 1. The molecule has 102 valence electrons. The van der Waals surface area contributed by atoms with Gasteiger partial charge >= 0.3 is 12.0 Å². The molecule has 6 nitrogen and oxygen atoms in total. The summed E-state index contributed by atoms with van der Waals surface area (Å²) in [6.45, 7) is 1.30. The number of urea groups is 1. The number of hydrogen-bond donors (Lipinski definition) is 3. The summed E-state index contributed by atoms with van der Waals surface area (Å²) in [6, 6.07) is -0.438. The molecule has 0 aromatic carbocycles. The van der Waals surface area contributed by atoms with E-state index < -0.39 is 11.9 Å². The van der Waals surface area contributed by atoms with Gasteiger partial charge in [0.2, 0.25) is 0 Å². The molecule has 2 amide bonds. The fourth-order valence-corrected chi connectivity index (χ4v) is 2.84. The molecule has 1 aliphatic carbocycles. The van der Waals surface area contributed by atoms with Gasteiger partial charge in [0.25, 0.3) is 0 Å². The smallest absolute Gasteiger partial charge is 0.317 e. The average Bonchev–Trinajstić information content (AvgIpc) is 2.96. The van der Waals surface area contributed by atoms with E-state index in [0.29, 0.717) is 19.5 Å². The summed E-state index contributed by atoms with van der Waals surface area (Å²) in [6.07, 6.45) is 3.04. The van der Waals surface area contributed by atoms with Crippen LogP contribution in [-0.4, -0.2) is 52.9 Å². The molecule has 3 atom stereocenters. The molecule has 3 unspecified atom stereocenters. The Morgan fingerprint density at radius 1 is 1.28 bits per heavy atom. The van der Waals surface area contributed by atoms with Crippen molar-refractivity contribution in [3.8, 4) is 0 Å². The molecule has 3 N–H and O–H groups in total. The summed E-state index contributed by atoms with van der Waals surface area (Å²) in [7, 11) is 0. The third-order valence-electron chi connectivity index (χ3n) is 3.97. The molecule has 0 bridgehead atoms. The molecule has 2 aliphatic rings. The van der Waals surface area contributed by atoms with E-state index in [2.05, 4.69) is 5.32 Å². The Balaban J connectivity index is 1.86. The van der Waals surface area contributed by atoms with Crippen LogP contribution in [0, 0.1) is 11.8 Å². The second kappa shape index (κ2) is 5.56. The highest BCUT2D eigenvalue weighted by molar-refractivity contribution is 5.77. The van der Waals surface area contributed by atoms with Gasteiger partial charge in [-0.2, -0.15) is 0 Å². The normalized spacial score (nSPS) is 31.6. The van der Waals surface area contributed by atoms with E-state index >= 15 is 0 Å². The van der Waals surface area contributed by atoms with Gasteiger partial charge in [-0.3, -0.25) is 4.79 Å². The number of hydrogen-bond acceptors (Lipinski definition) is 3. The van der Waals surface area contributed by atoms with Crippen molar-refractivity contribution in [3.63, 3.8) is 0 Å². The lowest BCUT2D eigenvalue weighted by Gasteiger charge is -2.22. The predicted molar refractivity (Wildman–Crippen MR) is 64.1 cm³/mol. The number of carbonyl (C=O) groups excluding carboxylic acids is 1. The maximum atomic E-state index is 12.0. The van der Waals surface area contributed by atoms with Crippen molar-refractivity contribution < 1.29 is 19.8 Å². The average molecular weight is 256 g/mol. The van der Waals surface area contributed by atoms with Crippen molar-refractivity contribution >= 4 is 12.0 Å². The van der Waals surface area contributed by atoms with Crippen molar-refractivity contribution in [2.45, 2.75) is 31.7 Å². The van der Waals surface area contributed by atoms with Crippen LogP contribution in [0.4, 0.5) is 4.79 Å². The lowest BCUT2D eigenvalue weighted by atomic mass is 10.0. The number of aliphatic hydroxyl groups excluding tert-OH is 1. The third kappa shape index (κ3) is 2.75. The molecule has 0 aromatic rings. The minimum Gasteiger partial charge on any atom is -0.481 e. The first-order valence-electron chi connectivity index (χ1n) is 6.51. The SMILES string of the molecule is O=C(O)C1CCCC1NC(=O)N1CCC(CO)C1. The van der Waals surface area contributed by atoms with Gasteiger partial charge in [0.05, 0.1) is 5.92 Å². The maximum absolute atomic E-state index is 12.0. The summed E-state index contributed by atoms with van der Waals surface area (Å²) in [5, 5.41) is 20.9. The summed E-state index contributed by atoms with van der Waals surface area (Å²) in [5.74, 6) is -1.12. The standard InChI is InChI=1S/C12H20N2O4/c15-7-8-4-5-14(6-8)12(18)13-10-3-1-2-9(10)11(16)17/h8-10,15H,1-7H2,(H,13,18)(H,16,17). The van der Waals surface area contributed by atoms with Gasteiger partial charge < -0.3 is 20.4 Å². The zero-order chi connectivity index (χ0) is 13.1. The Morgan fingerprint density at radius 3 is 2.67 bits per heavy atom. The molecule has 6 heteroatoms. The second-order valence-electron chi connectivity index (χ2n) is 5.21. The molecule has 2 rings (SSSR count). The molecule has 1 aliphatic heterocycles. The topological polar surface area (TPSA) is 89.9 Å². The number of aliphatic hydroxyl groups is 1. The molecule has 0 radical (unpaired) electrons. The number of carboxylic acid groups (broad SMARTS) is 1. The van der Waals surface area contributed by atoms with E-state index in [1.807, 2.05) is 0 Å². The predicted octanol–water partition coefficient (Wildman–Crippen LogP) is 0.264. The number of carbonyl (C=O) groups is 2. The van der Waals surface area contributed by atoms with Crippen LogP contribution in [0.25, 0.3) is 0 Å². The van der Waals surface area contributed by atoms with Crippen LogP contribution >= 0.6 is 0 Å². The van der Waals surface area contributed by atoms with Gasteiger partial charge in [0, 0.05) is 31.7 Å². The number of amides is 2. The van der Waals surface area contributed by atoms with Crippen molar-refractivity contribution in [1.82, 2.24) is 10.2 Å². The second-order valence-corrected chi connectivity index (χ2v) is 5.21. The lowest BCUT2D eigenvalue weighted by molar-refractivity contribution is -0.142. The zero-order valence-electron chi connectivity index (χ0n) is 10.3. The molecular weight excluding hydrogens is 236 g/mol. The summed E-state index contributed by atoms with van der Waals surface area (Å²) in [4.78, 5) is 24.7. The maximum Gasteiger partial charge on any atom is 0.317 e. The van der Waals surface area contributed by atoms with Crippen LogP contribution in [0.3, 0.4) is 0 Å². The molecule has 0 aromatic heterocycles. The molecular formula is C12H20N2O4. The molecule has 1 heterocycles. The molecule has 1 saturated heterocycles. The van der Waals surface area contributed by atoms with E-state index in [1.54, 1.807) is 4.90 Å². The first kappa shape index (κ1) is 13.1. The largest absolute Gasteiger partial charge is 0.481 e. The van der Waals surface area contributed by atoms with E-state index in [1.165, 1.54) is 0 Å². The van der Waals surface area contributed by atoms with Gasteiger partial charge in [0.1, 0.15) is 0 Å². The van der Waals surface area contributed by atoms with Crippen LogP contribution in [0.5, 0.6) is 0 Å². The highest BCUT2D eigenvalue weighted by atomic mass is 16.4. The van der Waals surface area contributed by atoms with Gasteiger partial charge in [-0.15, -0.1) is 0 Å². The summed E-state index contributed by atoms with van der Waals surface area (Å²) < 4.78 is 0. The van der Waals surface area contributed by atoms with Crippen LogP contribution in [-0.2, 0) is 4.79 Å². The Labute approximate surface area is 106 Å². The first-order valence-corrected chi connectivity index (χ1v) is 6.51. The van der Waals surface area contributed by atoms with E-state index in [-0.39, 0.29) is 24.6 Å². The van der Waals surface area contributed by atoms with Crippen molar-refractivity contribution in [3.05, 3.63) is 0 Å². The van der Waals surface area contributed by atoms with Crippen molar-refractivity contribution in [2.75, 3.05) is 19.7 Å². The summed E-state index contributed by atoms with van der Waals surface area (Å²) in [5.41, 5.74) is 0. The van der Waals surface area contributed by atoms with Crippen LogP contribution in [0.1, 0.15) is 25.7 Å². The fourth-order valence-electron chi connectivity index (χ4n) is 2.84. The van der Waals surface area contributed by atoms with E-state index in [9.17, 15) is 9.59 Å². The van der Waals surface area contributed by atoms with Gasteiger partial charge in [0.15, 0.2) is 0 Å². The van der Waals surface area contributed by atoms with Gasteiger partial charge in [-0.1, -0.05) is 6.42 Å². The van der Waals surface area contributed by atoms with Gasteiger partial charge in [-0.05, 0) is 19.3 Å². The Hall–Kier alpha value is -1.30. The monoisotopic (exact) mass is 256 g/mol. The third-order valence-corrected chi connectivity index (χ3v) is 3.97. The van der Waals surface area contributed by atoms with E-state index in [0.717, 1.165) is 19.3 Å². The fraction of sp³-hybridized carbons (Fsp3) is 0.833. The number of aliphatic carboxylic acids is 1. The Kier molecular flexibility index (Phi) is 4.06. The molecule has 1 saturated carbocycles. The molecule has 0 spiro atoms. The highest BCUT2D eigenvalue weighted by Gasteiger charge is 2.35. The van der Waals surface area contributed by atoms with Crippen LogP contribution < -0.4 is 5.32 Å². The number of carboxylic acids is 1. The highest BCUT2D eigenvalue weighted by Crippen LogP contribution is 2.26. The quantitative estimate of drug-likeness (QED) is 0.676. The number of nitrogens with one attached hydrogen (secondary N) is 1. The Bertz CT molecular complexity index is 334. The van der Waals surface area contributed by atoms with E-state index in [4.69, 9.17) is 10.2 Å². The number of rotatable bonds is 3. The van der Waals surface area contributed by atoms with Crippen LogP contribution in [0.15, 0.2) is 0 Å². The molecule has 2 fully saturated rings. The summed E-state index contributed by atoms with van der Waals surface area (Å²) >= 11 is 0. The minimum absolute atomic E-state index is 0.102. The number of likely N-dealkylation sites (tertiary alicyclic amines) is 1. The van der Waals surface area contributed by atoms with Gasteiger partial charge in [-0.25, -0.2) is 4.79 Å². The molecule has 18 heavy (non-hydrogen) atoms. The first-order chi connectivity index (χ1) is 8.61.